The largest absolute Gasteiger partial charge is 0.300 e. The van der Waals surface area contributed by atoms with Crippen LogP contribution in [-0.2, 0) is 6.42 Å². The van der Waals surface area contributed by atoms with Crippen LogP contribution in [0.15, 0.2) is 42.5 Å². The summed E-state index contributed by atoms with van der Waals surface area (Å²) in [5, 5.41) is 6.27. The number of nitrogens with one attached hydrogen (secondary N) is 1. The summed E-state index contributed by atoms with van der Waals surface area (Å²) in [5.41, 5.74) is 1.44. The van der Waals surface area contributed by atoms with E-state index in [2.05, 4.69) is 59.7 Å². The zero-order chi connectivity index (χ0) is 11.7. The fourth-order valence-corrected chi connectivity index (χ4v) is 2.63. The molecular formula is C15H18N2. The third-order valence-electron chi connectivity index (χ3n) is 3.67. The number of rotatable bonds is 2. The molecule has 2 aromatic rings. The van der Waals surface area contributed by atoms with E-state index in [4.69, 9.17) is 0 Å². The number of benzene rings is 2. The molecule has 1 aliphatic heterocycles. The molecule has 2 aromatic carbocycles. The van der Waals surface area contributed by atoms with Crippen molar-refractivity contribution >= 4 is 10.8 Å². The molecule has 1 saturated heterocycles. The second-order valence-corrected chi connectivity index (χ2v) is 4.79. The van der Waals surface area contributed by atoms with Crippen molar-refractivity contribution in [1.82, 2.24) is 10.2 Å². The van der Waals surface area contributed by atoms with Gasteiger partial charge in [-0.3, -0.25) is 4.90 Å². The quantitative estimate of drug-likeness (QED) is 0.845. The van der Waals surface area contributed by atoms with E-state index in [0.717, 1.165) is 19.5 Å². The van der Waals surface area contributed by atoms with Crippen LogP contribution in [0, 0.1) is 0 Å². The zero-order valence-electron chi connectivity index (χ0n) is 10.2. The molecule has 17 heavy (non-hydrogen) atoms. The second-order valence-electron chi connectivity index (χ2n) is 4.79. The molecule has 0 aliphatic carbocycles. The monoisotopic (exact) mass is 226 g/mol. The molecule has 88 valence electrons. The number of hydrogen-bond acceptors (Lipinski definition) is 2. The summed E-state index contributed by atoms with van der Waals surface area (Å²) in [6.07, 6.45) is 1.57. The van der Waals surface area contributed by atoms with E-state index in [-0.39, 0.29) is 0 Å². The molecule has 0 saturated carbocycles. The molecule has 0 bridgehead atoms. The van der Waals surface area contributed by atoms with E-state index in [1.807, 2.05) is 0 Å². The minimum Gasteiger partial charge on any atom is -0.300 e. The van der Waals surface area contributed by atoms with Gasteiger partial charge in [0.15, 0.2) is 0 Å². The Morgan fingerprint density at radius 3 is 2.82 bits per heavy atom. The molecule has 2 nitrogen and oxygen atoms in total. The summed E-state index contributed by atoms with van der Waals surface area (Å²) in [4.78, 5) is 2.39. The lowest BCUT2D eigenvalue weighted by molar-refractivity contribution is 0.293. The first-order valence-electron chi connectivity index (χ1n) is 6.25. The first kappa shape index (κ1) is 10.8. The maximum Gasteiger partial charge on any atom is 0.0637 e. The van der Waals surface area contributed by atoms with Gasteiger partial charge >= 0.3 is 0 Å². The van der Waals surface area contributed by atoms with Crippen LogP contribution in [0.2, 0.25) is 0 Å². The van der Waals surface area contributed by atoms with Crippen LogP contribution in [-0.4, -0.2) is 31.2 Å². The molecular weight excluding hydrogens is 208 g/mol. The van der Waals surface area contributed by atoms with E-state index in [0.29, 0.717) is 6.17 Å². The Morgan fingerprint density at radius 2 is 2.00 bits per heavy atom. The van der Waals surface area contributed by atoms with E-state index in [9.17, 15) is 0 Å². The van der Waals surface area contributed by atoms with E-state index < -0.39 is 0 Å². The van der Waals surface area contributed by atoms with Crippen LogP contribution in [0.3, 0.4) is 0 Å². The fraction of sp³-hybridized carbons (Fsp3) is 0.333. The molecule has 2 heteroatoms. The van der Waals surface area contributed by atoms with E-state index >= 15 is 0 Å². The normalized spacial score (nSPS) is 21.1. The van der Waals surface area contributed by atoms with Crippen molar-refractivity contribution in [3.8, 4) is 0 Å². The van der Waals surface area contributed by atoms with Crippen LogP contribution >= 0.6 is 0 Å². The Hall–Kier alpha value is -1.38. The van der Waals surface area contributed by atoms with Crippen LogP contribution in [0.25, 0.3) is 10.8 Å². The van der Waals surface area contributed by atoms with Crippen LogP contribution in [0.4, 0.5) is 0 Å². The van der Waals surface area contributed by atoms with Gasteiger partial charge in [0.05, 0.1) is 6.17 Å². The Kier molecular flexibility index (Phi) is 2.83. The number of fused-ring (bicyclic) bond motifs is 1. The van der Waals surface area contributed by atoms with Crippen molar-refractivity contribution in [2.45, 2.75) is 12.6 Å². The maximum atomic E-state index is 3.55. The Labute approximate surface area is 102 Å². The van der Waals surface area contributed by atoms with Gasteiger partial charge in [-0.25, -0.2) is 0 Å². The van der Waals surface area contributed by atoms with E-state index in [1.165, 1.54) is 16.3 Å². The third kappa shape index (κ3) is 2.06. The summed E-state index contributed by atoms with van der Waals surface area (Å²) in [6, 6.07) is 15.2. The molecule has 1 heterocycles. The van der Waals surface area contributed by atoms with Gasteiger partial charge in [-0.15, -0.1) is 0 Å². The Balaban J connectivity index is 1.94. The standard InChI is InChI=1S/C15H18N2/c1-17-10-9-16-15(17)11-13-7-4-6-12-5-2-3-8-14(12)13/h2-8,15-16H,9-11H2,1H3. The highest BCUT2D eigenvalue weighted by molar-refractivity contribution is 5.85. The summed E-state index contributed by atoms with van der Waals surface area (Å²) in [6.45, 7) is 2.25. The van der Waals surface area contributed by atoms with Crippen molar-refractivity contribution in [3.05, 3.63) is 48.0 Å². The van der Waals surface area contributed by atoms with Gasteiger partial charge in [-0.05, 0) is 23.4 Å². The molecule has 0 spiro atoms. The van der Waals surface area contributed by atoms with E-state index in [1.54, 1.807) is 0 Å². The average molecular weight is 226 g/mol. The molecule has 1 aliphatic rings. The van der Waals surface area contributed by atoms with Crippen molar-refractivity contribution < 1.29 is 0 Å². The minimum atomic E-state index is 0.487. The number of likely N-dealkylation sites (N-methyl/N-ethyl adjacent to an activating group) is 1. The summed E-state index contributed by atoms with van der Waals surface area (Å²) < 4.78 is 0. The lowest BCUT2D eigenvalue weighted by Gasteiger charge is -2.20. The SMILES string of the molecule is CN1CCNC1Cc1cccc2ccccc12. The number of nitrogens with zero attached hydrogens (tertiary/aromatic N) is 1. The maximum absolute atomic E-state index is 3.55. The molecule has 1 unspecified atom stereocenters. The first-order valence-corrected chi connectivity index (χ1v) is 6.25. The van der Waals surface area contributed by atoms with Gasteiger partial charge in [-0.2, -0.15) is 0 Å². The summed E-state index contributed by atoms with van der Waals surface area (Å²) >= 11 is 0. The smallest absolute Gasteiger partial charge is 0.0637 e. The highest BCUT2D eigenvalue weighted by Crippen LogP contribution is 2.20. The fourth-order valence-electron chi connectivity index (χ4n) is 2.63. The van der Waals surface area contributed by atoms with Crippen LogP contribution in [0.1, 0.15) is 5.56 Å². The van der Waals surface area contributed by atoms with Gasteiger partial charge in [0.1, 0.15) is 0 Å². The predicted octanol–water partition coefficient (Wildman–Crippen LogP) is 2.24. The van der Waals surface area contributed by atoms with Gasteiger partial charge in [0.2, 0.25) is 0 Å². The molecule has 0 aromatic heterocycles. The Morgan fingerprint density at radius 1 is 1.18 bits per heavy atom. The zero-order valence-corrected chi connectivity index (χ0v) is 10.2. The molecule has 3 rings (SSSR count). The third-order valence-corrected chi connectivity index (χ3v) is 3.67. The molecule has 1 atom stereocenters. The molecule has 1 fully saturated rings. The first-order chi connectivity index (χ1) is 8.34. The van der Waals surface area contributed by atoms with Gasteiger partial charge < -0.3 is 5.32 Å². The summed E-state index contributed by atoms with van der Waals surface area (Å²) in [7, 11) is 2.19. The molecule has 0 radical (unpaired) electrons. The van der Waals surface area contributed by atoms with Crippen LogP contribution in [0.5, 0.6) is 0 Å². The second kappa shape index (κ2) is 4.47. The lowest BCUT2D eigenvalue weighted by atomic mass is 10.0. The topological polar surface area (TPSA) is 15.3 Å². The van der Waals surface area contributed by atoms with Gasteiger partial charge in [0.25, 0.3) is 0 Å². The Bertz CT molecular complexity index is 516. The number of hydrogen-bond donors (Lipinski definition) is 1. The minimum absolute atomic E-state index is 0.487. The highest BCUT2D eigenvalue weighted by atomic mass is 15.3. The average Bonchev–Trinajstić information content (AvgIpc) is 2.76. The van der Waals surface area contributed by atoms with Gasteiger partial charge in [-0.1, -0.05) is 42.5 Å². The van der Waals surface area contributed by atoms with Crippen molar-refractivity contribution in [3.63, 3.8) is 0 Å². The predicted molar refractivity (Wildman–Crippen MR) is 72.1 cm³/mol. The van der Waals surface area contributed by atoms with Gasteiger partial charge in [0, 0.05) is 19.5 Å². The van der Waals surface area contributed by atoms with Crippen molar-refractivity contribution in [2.24, 2.45) is 0 Å². The highest BCUT2D eigenvalue weighted by Gasteiger charge is 2.20. The lowest BCUT2D eigenvalue weighted by Crippen LogP contribution is -2.34. The van der Waals surface area contributed by atoms with Crippen LogP contribution < -0.4 is 5.32 Å². The molecule has 1 N–H and O–H groups in total. The van der Waals surface area contributed by atoms with Crippen molar-refractivity contribution in [1.29, 1.82) is 0 Å². The van der Waals surface area contributed by atoms with Crippen molar-refractivity contribution in [2.75, 3.05) is 20.1 Å². The summed E-state index contributed by atoms with van der Waals surface area (Å²) in [5.74, 6) is 0. The molecule has 0 amide bonds.